The Morgan fingerprint density at radius 2 is 2.00 bits per heavy atom. The van der Waals surface area contributed by atoms with Crippen molar-refractivity contribution in [2.45, 2.75) is 53.1 Å². The number of hydrogen-bond acceptors (Lipinski definition) is 2. The van der Waals surface area contributed by atoms with Crippen molar-refractivity contribution in [2.24, 2.45) is 5.92 Å². The molecule has 2 nitrogen and oxygen atoms in total. The van der Waals surface area contributed by atoms with Gasteiger partial charge in [0.2, 0.25) is 0 Å². The Morgan fingerprint density at radius 1 is 1.36 bits per heavy atom. The van der Waals surface area contributed by atoms with Crippen LogP contribution in [0, 0.1) is 5.92 Å². The minimum absolute atomic E-state index is 0.0128. The van der Waals surface area contributed by atoms with Gasteiger partial charge in [-0.05, 0) is 19.3 Å². The van der Waals surface area contributed by atoms with Crippen LogP contribution in [-0.2, 0) is 9.53 Å². The van der Waals surface area contributed by atoms with Crippen LogP contribution in [0.1, 0.15) is 47.0 Å². The standard InChI is InChI=1S/C12H22O2/c1-5-7-8-9-12(13)14-11(4)10(3)6-2/h8-11H,5-7H2,1-4H3/b9-8+. The molecule has 2 heteroatoms. The predicted molar refractivity (Wildman–Crippen MR) is 59.1 cm³/mol. The highest BCUT2D eigenvalue weighted by molar-refractivity contribution is 5.81. The van der Waals surface area contributed by atoms with Crippen LogP contribution in [0.25, 0.3) is 0 Å². The largest absolute Gasteiger partial charge is 0.459 e. The van der Waals surface area contributed by atoms with Crippen molar-refractivity contribution in [1.29, 1.82) is 0 Å². The van der Waals surface area contributed by atoms with E-state index in [0.717, 1.165) is 19.3 Å². The van der Waals surface area contributed by atoms with Crippen LogP contribution in [0.2, 0.25) is 0 Å². The summed E-state index contributed by atoms with van der Waals surface area (Å²) in [4.78, 5) is 11.2. The molecule has 14 heavy (non-hydrogen) atoms. The van der Waals surface area contributed by atoms with E-state index in [0.29, 0.717) is 5.92 Å². The molecule has 0 aromatic rings. The molecule has 0 N–H and O–H groups in total. The number of unbranched alkanes of at least 4 members (excludes halogenated alkanes) is 1. The molecule has 0 aliphatic carbocycles. The van der Waals surface area contributed by atoms with Crippen LogP contribution < -0.4 is 0 Å². The fourth-order valence-corrected chi connectivity index (χ4v) is 1.02. The molecule has 2 unspecified atom stereocenters. The summed E-state index contributed by atoms with van der Waals surface area (Å²) >= 11 is 0. The van der Waals surface area contributed by atoms with Crippen molar-refractivity contribution in [3.63, 3.8) is 0 Å². The van der Waals surface area contributed by atoms with E-state index in [1.807, 2.05) is 13.0 Å². The maximum absolute atomic E-state index is 11.2. The average Bonchev–Trinajstić information content (AvgIpc) is 2.16. The van der Waals surface area contributed by atoms with E-state index in [1.54, 1.807) is 0 Å². The summed E-state index contributed by atoms with van der Waals surface area (Å²) in [6.45, 7) is 8.22. The third-order valence-electron chi connectivity index (χ3n) is 2.46. The minimum Gasteiger partial charge on any atom is -0.459 e. The Bertz CT molecular complexity index is 185. The van der Waals surface area contributed by atoms with Crippen molar-refractivity contribution < 1.29 is 9.53 Å². The van der Waals surface area contributed by atoms with Gasteiger partial charge in [0, 0.05) is 6.08 Å². The van der Waals surface area contributed by atoms with E-state index in [2.05, 4.69) is 20.8 Å². The van der Waals surface area contributed by atoms with E-state index in [-0.39, 0.29) is 12.1 Å². The molecule has 0 saturated heterocycles. The lowest BCUT2D eigenvalue weighted by molar-refractivity contribution is -0.144. The van der Waals surface area contributed by atoms with Gasteiger partial charge >= 0.3 is 5.97 Å². The molecule has 0 aromatic carbocycles. The Morgan fingerprint density at radius 3 is 2.50 bits per heavy atom. The predicted octanol–water partition coefficient (Wildman–Crippen LogP) is 3.32. The minimum atomic E-state index is -0.216. The zero-order chi connectivity index (χ0) is 11.0. The lowest BCUT2D eigenvalue weighted by atomic mass is 10.0. The van der Waals surface area contributed by atoms with Crippen molar-refractivity contribution in [1.82, 2.24) is 0 Å². The van der Waals surface area contributed by atoms with Gasteiger partial charge in [-0.25, -0.2) is 4.79 Å². The van der Waals surface area contributed by atoms with Gasteiger partial charge in [0.15, 0.2) is 0 Å². The first kappa shape index (κ1) is 13.2. The highest BCUT2D eigenvalue weighted by Crippen LogP contribution is 2.10. The smallest absolute Gasteiger partial charge is 0.330 e. The first-order valence-corrected chi connectivity index (χ1v) is 5.48. The third-order valence-corrected chi connectivity index (χ3v) is 2.46. The van der Waals surface area contributed by atoms with Gasteiger partial charge in [-0.3, -0.25) is 0 Å². The quantitative estimate of drug-likeness (QED) is 0.483. The van der Waals surface area contributed by atoms with Gasteiger partial charge < -0.3 is 4.74 Å². The van der Waals surface area contributed by atoms with Gasteiger partial charge in [0.05, 0.1) is 0 Å². The Hall–Kier alpha value is -0.790. The maximum Gasteiger partial charge on any atom is 0.330 e. The van der Waals surface area contributed by atoms with Crippen molar-refractivity contribution in [3.05, 3.63) is 12.2 Å². The molecule has 0 saturated carbocycles. The molecule has 0 aliphatic heterocycles. The molecule has 0 rings (SSSR count). The van der Waals surface area contributed by atoms with E-state index in [1.165, 1.54) is 6.08 Å². The van der Waals surface area contributed by atoms with Crippen molar-refractivity contribution >= 4 is 5.97 Å². The van der Waals surface area contributed by atoms with E-state index >= 15 is 0 Å². The highest BCUT2D eigenvalue weighted by Gasteiger charge is 2.13. The fraction of sp³-hybridized carbons (Fsp3) is 0.750. The Balaban J connectivity index is 3.81. The summed E-state index contributed by atoms with van der Waals surface area (Å²) in [6, 6.07) is 0. The van der Waals surface area contributed by atoms with Gasteiger partial charge in [-0.1, -0.05) is 39.7 Å². The molecular formula is C12H22O2. The zero-order valence-corrected chi connectivity index (χ0v) is 9.75. The lowest BCUT2D eigenvalue weighted by Crippen LogP contribution is -2.20. The molecule has 0 fully saturated rings. The second-order valence-corrected chi connectivity index (χ2v) is 3.72. The van der Waals surface area contributed by atoms with Crippen molar-refractivity contribution in [3.8, 4) is 0 Å². The van der Waals surface area contributed by atoms with Crippen LogP contribution in [0.15, 0.2) is 12.2 Å². The van der Waals surface area contributed by atoms with Crippen LogP contribution in [0.5, 0.6) is 0 Å². The summed E-state index contributed by atoms with van der Waals surface area (Å²) < 4.78 is 5.22. The molecule has 0 radical (unpaired) electrons. The summed E-state index contributed by atoms with van der Waals surface area (Å²) in [5.74, 6) is 0.213. The number of rotatable bonds is 6. The molecule has 0 spiro atoms. The van der Waals surface area contributed by atoms with E-state index in [4.69, 9.17) is 4.74 Å². The second kappa shape index (κ2) is 7.60. The van der Waals surface area contributed by atoms with Crippen LogP contribution in [0.4, 0.5) is 0 Å². The monoisotopic (exact) mass is 198 g/mol. The Kier molecular flexibility index (Phi) is 7.17. The van der Waals surface area contributed by atoms with Gasteiger partial charge in [0.25, 0.3) is 0 Å². The summed E-state index contributed by atoms with van der Waals surface area (Å²) in [6.07, 6.45) is 6.44. The van der Waals surface area contributed by atoms with Gasteiger partial charge in [0.1, 0.15) is 6.10 Å². The van der Waals surface area contributed by atoms with Crippen molar-refractivity contribution in [2.75, 3.05) is 0 Å². The number of esters is 1. The SMILES string of the molecule is CCC/C=C/C(=O)OC(C)C(C)CC. The molecule has 0 amide bonds. The first-order valence-electron chi connectivity index (χ1n) is 5.48. The first-order chi connectivity index (χ1) is 6.61. The normalized spacial score (nSPS) is 15.4. The number of allylic oxidation sites excluding steroid dienone is 1. The number of carbonyl (C=O) groups excluding carboxylic acids is 1. The summed E-state index contributed by atoms with van der Waals surface area (Å²) in [5, 5.41) is 0. The lowest BCUT2D eigenvalue weighted by Gasteiger charge is -2.17. The number of carbonyl (C=O) groups is 1. The van der Waals surface area contributed by atoms with Gasteiger partial charge in [-0.2, -0.15) is 0 Å². The highest BCUT2D eigenvalue weighted by atomic mass is 16.5. The summed E-state index contributed by atoms with van der Waals surface area (Å²) in [5.41, 5.74) is 0. The molecular weight excluding hydrogens is 176 g/mol. The summed E-state index contributed by atoms with van der Waals surface area (Å²) in [7, 11) is 0. The van der Waals surface area contributed by atoms with Crippen LogP contribution >= 0.6 is 0 Å². The average molecular weight is 198 g/mol. The molecule has 2 atom stereocenters. The molecule has 82 valence electrons. The van der Waals surface area contributed by atoms with Gasteiger partial charge in [-0.15, -0.1) is 0 Å². The second-order valence-electron chi connectivity index (χ2n) is 3.72. The number of hydrogen-bond donors (Lipinski definition) is 0. The third kappa shape index (κ3) is 5.79. The van der Waals surface area contributed by atoms with E-state index < -0.39 is 0 Å². The van der Waals surface area contributed by atoms with E-state index in [9.17, 15) is 4.79 Å². The zero-order valence-electron chi connectivity index (χ0n) is 9.75. The Labute approximate surface area is 87.3 Å². The molecule has 0 heterocycles. The molecule has 0 aliphatic rings. The fourth-order valence-electron chi connectivity index (χ4n) is 1.02. The van der Waals surface area contributed by atoms with Crippen LogP contribution in [0.3, 0.4) is 0 Å². The molecule has 0 bridgehead atoms. The topological polar surface area (TPSA) is 26.3 Å². The maximum atomic E-state index is 11.2. The number of ether oxygens (including phenoxy) is 1. The van der Waals surface area contributed by atoms with Crippen LogP contribution in [-0.4, -0.2) is 12.1 Å². The molecule has 0 aromatic heterocycles.